The van der Waals surface area contributed by atoms with E-state index >= 15 is 0 Å². The van der Waals surface area contributed by atoms with Gasteiger partial charge in [-0.05, 0) is 57.2 Å². The average molecular weight is 466 g/mol. The highest BCUT2D eigenvalue weighted by atomic mass is 32.2. The molecule has 3 amide bonds. The summed E-state index contributed by atoms with van der Waals surface area (Å²) in [5.41, 5.74) is 0.558. The van der Waals surface area contributed by atoms with Gasteiger partial charge >= 0.3 is 12.0 Å². The van der Waals surface area contributed by atoms with Crippen LogP contribution < -0.4 is 10.6 Å². The summed E-state index contributed by atoms with van der Waals surface area (Å²) < 4.78 is 32.7. The van der Waals surface area contributed by atoms with Crippen molar-refractivity contribution in [1.82, 2.24) is 14.9 Å². The first kappa shape index (κ1) is 24.2. The zero-order valence-corrected chi connectivity index (χ0v) is 19.4. The van der Waals surface area contributed by atoms with Gasteiger partial charge in [-0.3, -0.25) is 10.1 Å². The summed E-state index contributed by atoms with van der Waals surface area (Å²) in [5.74, 6) is -1.58. The highest BCUT2D eigenvalue weighted by molar-refractivity contribution is 7.89. The second-order valence-electron chi connectivity index (χ2n) is 8.44. The summed E-state index contributed by atoms with van der Waals surface area (Å²) in [6, 6.07) is 3.74. The maximum Gasteiger partial charge on any atom is 0.338 e. The Kier molecular flexibility index (Phi) is 7.89. The zero-order chi connectivity index (χ0) is 23.3. The van der Waals surface area contributed by atoms with Crippen LogP contribution in [0.4, 0.5) is 4.79 Å². The maximum absolute atomic E-state index is 13.0. The maximum atomic E-state index is 13.0. The first-order valence-electron chi connectivity index (χ1n) is 11.1. The highest BCUT2D eigenvalue weighted by Crippen LogP contribution is 2.25. The molecule has 1 aliphatic heterocycles. The summed E-state index contributed by atoms with van der Waals surface area (Å²) in [4.78, 5) is 36.8. The van der Waals surface area contributed by atoms with Crippen molar-refractivity contribution in [3.05, 3.63) is 29.3 Å². The molecule has 1 aliphatic carbocycles. The third-order valence-electron chi connectivity index (χ3n) is 5.94. The molecule has 9 nitrogen and oxygen atoms in total. The molecule has 0 aromatic heterocycles. The topological polar surface area (TPSA) is 122 Å². The summed E-state index contributed by atoms with van der Waals surface area (Å²) in [5, 5.41) is 4.91. The molecule has 1 saturated heterocycles. The van der Waals surface area contributed by atoms with Gasteiger partial charge in [-0.15, -0.1) is 0 Å². The minimum Gasteiger partial charge on any atom is -0.449 e. The molecule has 10 heteroatoms. The van der Waals surface area contributed by atoms with Crippen molar-refractivity contribution in [2.45, 2.75) is 75.8 Å². The van der Waals surface area contributed by atoms with Gasteiger partial charge in [0, 0.05) is 19.1 Å². The lowest BCUT2D eigenvalue weighted by atomic mass is 10.1. The van der Waals surface area contributed by atoms with E-state index in [0.717, 1.165) is 44.9 Å². The Labute approximate surface area is 188 Å². The molecule has 0 radical (unpaired) electrons. The Morgan fingerprint density at radius 2 is 1.72 bits per heavy atom. The number of esters is 1. The van der Waals surface area contributed by atoms with Gasteiger partial charge in [-0.1, -0.05) is 25.3 Å². The van der Waals surface area contributed by atoms with Gasteiger partial charge < -0.3 is 10.1 Å². The third kappa shape index (κ3) is 5.86. The number of benzene rings is 1. The SMILES string of the molecule is Cc1ccc(C(=O)OC(C)C(=O)NC(=O)NC2CCCC2)cc1S(=O)(=O)N1CCCCC1. The molecule has 1 unspecified atom stereocenters. The largest absolute Gasteiger partial charge is 0.449 e. The summed E-state index contributed by atoms with van der Waals surface area (Å²) >= 11 is 0. The second-order valence-corrected chi connectivity index (χ2v) is 10.3. The number of rotatable bonds is 6. The molecule has 1 heterocycles. The standard InChI is InChI=1S/C22H31N3O6S/c1-15-10-11-17(14-19(15)32(29,30)25-12-6-3-7-13-25)21(27)31-16(2)20(26)24-22(28)23-18-8-4-5-9-18/h10-11,14,16,18H,3-9,12-13H2,1-2H3,(H2,23,24,26,28). The van der Waals surface area contributed by atoms with Crippen LogP contribution in [0.25, 0.3) is 0 Å². The number of imide groups is 1. The predicted molar refractivity (Wildman–Crippen MR) is 118 cm³/mol. The molecule has 32 heavy (non-hydrogen) atoms. The van der Waals surface area contributed by atoms with Crippen molar-refractivity contribution >= 4 is 27.9 Å². The fourth-order valence-electron chi connectivity index (χ4n) is 4.04. The highest BCUT2D eigenvalue weighted by Gasteiger charge is 2.29. The molecule has 176 valence electrons. The Balaban J connectivity index is 1.63. The number of aryl methyl sites for hydroxylation is 1. The smallest absolute Gasteiger partial charge is 0.338 e. The van der Waals surface area contributed by atoms with Crippen molar-refractivity contribution < 1.29 is 27.5 Å². The van der Waals surface area contributed by atoms with E-state index in [4.69, 9.17) is 4.74 Å². The van der Waals surface area contributed by atoms with Gasteiger partial charge in [0.25, 0.3) is 5.91 Å². The quantitative estimate of drug-likeness (QED) is 0.623. The number of hydrogen-bond donors (Lipinski definition) is 2. The Morgan fingerprint density at radius 3 is 2.38 bits per heavy atom. The van der Waals surface area contributed by atoms with E-state index in [9.17, 15) is 22.8 Å². The van der Waals surface area contributed by atoms with E-state index in [0.29, 0.717) is 18.7 Å². The summed E-state index contributed by atoms with van der Waals surface area (Å²) in [6.07, 6.45) is 5.22. The van der Waals surface area contributed by atoms with Crippen LogP contribution in [0.2, 0.25) is 0 Å². The number of hydrogen-bond acceptors (Lipinski definition) is 6. The van der Waals surface area contributed by atoms with Crippen LogP contribution in [0.5, 0.6) is 0 Å². The van der Waals surface area contributed by atoms with Gasteiger partial charge in [-0.25, -0.2) is 18.0 Å². The van der Waals surface area contributed by atoms with E-state index in [2.05, 4.69) is 10.6 Å². The lowest BCUT2D eigenvalue weighted by Gasteiger charge is -2.26. The zero-order valence-electron chi connectivity index (χ0n) is 18.6. The predicted octanol–water partition coefficient (Wildman–Crippen LogP) is 2.48. The van der Waals surface area contributed by atoms with Crippen LogP contribution in [-0.2, 0) is 19.6 Å². The molecule has 2 aliphatic rings. The molecule has 3 rings (SSSR count). The Morgan fingerprint density at radius 1 is 1.06 bits per heavy atom. The van der Waals surface area contributed by atoms with Gasteiger partial charge in [0.05, 0.1) is 10.5 Å². The van der Waals surface area contributed by atoms with Crippen molar-refractivity contribution in [2.75, 3.05) is 13.1 Å². The lowest BCUT2D eigenvalue weighted by molar-refractivity contribution is -0.127. The number of carbonyl (C=O) groups is 3. The number of nitrogens with one attached hydrogen (secondary N) is 2. The van der Waals surface area contributed by atoms with Crippen LogP contribution in [-0.4, -0.2) is 55.9 Å². The molecular weight excluding hydrogens is 434 g/mol. The first-order chi connectivity index (χ1) is 15.2. The number of amides is 3. The lowest BCUT2D eigenvalue weighted by Crippen LogP contribution is -2.47. The number of sulfonamides is 1. The molecule has 1 saturated carbocycles. The molecule has 1 aromatic carbocycles. The van der Waals surface area contributed by atoms with Crippen LogP contribution >= 0.6 is 0 Å². The van der Waals surface area contributed by atoms with Crippen molar-refractivity contribution in [3.63, 3.8) is 0 Å². The minimum absolute atomic E-state index is 0.0289. The van der Waals surface area contributed by atoms with Crippen molar-refractivity contribution in [3.8, 4) is 0 Å². The Bertz CT molecular complexity index is 966. The van der Waals surface area contributed by atoms with Crippen LogP contribution in [0.1, 0.15) is 67.8 Å². The summed E-state index contributed by atoms with van der Waals surface area (Å²) in [6.45, 7) is 3.94. The fraction of sp³-hybridized carbons (Fsp3) is 0.591. The first-order valence-corrected chi connectivity index (χ1v) is 12.6. The molecule has 1 aromatic rings. The molecule has 2 N–H and O–H groups in total. The molecule has 0 bridgehead atoms. The van der Waals surface area contributed by atoms with Gasteiger partial charge in [-0.2, -0.15) is 4.31 Å². The van der Waals surface area contributed by atoms with Crippen LogP contribution in [0, 0.1) is 6.92 Å². The molecule has 2 fully saturated rings. The summed E-state index contributed by atoms with van der Waals surface area (Å²) in [7, 11) is -3.73. The molecule has 0 spiro atoms. The van der Waals surface area contributed by atoms with E-state index in [1.165, 1.54) is 23.4 Å². The van der Waals surface area contributed by atoms with E-state index < -0.39 is 34.0 Å². The van der Waals surface area contributed by atoms with E-state index in [1.807, 2.05) is 0 Å². The van der Waals surface area contributed by atoms with Crippen molar-refractivity contribution in [1.29, 1.82) is 0 Å². The number of piperidine rings is 1. The van der Waals surface area contributed by atoms with Crippen LogP contribution in [0.3, 0.4) is 0 Å². The number of carbonyl (C=O) groups excluding carboxylic acids is 3. The second kappa shape index (κ2) is 10.4. The third-order valence-corrected chi connectivity index (χ3v) is 7.98. The normalized spacial score (nSPS) is 18.7. The monoisotopic (exact) mass is 465 g/mol. The van der Waals surface area contributed by atoms with E-state index in [1.54, 1.807) is 13.0 Å². The molecular formula is C22H31N3O6S. The van der Waals surface area contributed by atoms with Gasteiger partial charge in [0.15, 0.2) is 6.10 Å². The molecule has 1 atom stereocenters. The van der Waals surface area contributed by atoms with E-state index in [-0.39, 0.29) is 16.5 Å². The number of ether oxygens (including phenoxy) is 1. The fourth-order valence-corrected chi connectivity index (χ4v) is 5.80. The van der Waals surface area contributed by atoms with Gasteiger partial charge in [0.1, 0.15) is 0 Å². The average Bonchev–Trinajstić information content (AvgIpc) is 3.27. The van der Waals surface area contributed by atoms with Gasteiger partial charge in [0.2, 0.25) is 10.0 Å². The van der Waals surface area contributed by atoms with Crippen LogP contribution in [0.15, 0.2) is 23.1 Å². The Hall–Kier alpha value is -2.46. The number of nitrogens with zero attached hydrogens (tertiary/aromatic N) is 1. The number of urea groups is 1. The minimum atomic E-state index is -3.73. The van der Waals surface area contributed by atoms with Crippen molar-refractivity contribution in [2.24, 2.45) is 0 Å².